The third-order valence-electron chi connectivity index (χ3n) is 4.46. The summed E-state index contributed by atoms with van der Waals surface area (Å²) >= 11 is 0. The number of piperazine rings is 1. The number of amides is 1. The van der Waals surface area contributed by atoms with E-state index in [0.717, 1.165) is 43.9 Å². The van der Waals surface area contributed by atoms with Gasteiger partial charge in [-0.2, -0.15) is 0 Å². The maximum Gasteiger partial charge on any atom is 0.247 e. The molecule has 1 aromatic carbocycles. The molecule has 128 valence electrons. The molecular formula is C18H24N4O2. The summed E-state index contributed by atoms with van der Waals surface area (Å²) in [5.74, 6) is 1.20. The van der Waals surface area contributed by atoms with Crippen LogP contribution in [0, 0.1) is 6.92 Å². The number of rotatable bonds is 5. The minimum Gasteiger partial charge on any atom is -0.421 e. The number of benzene rings is 1. The molecule has 1 aliphatic rings. The van der Waals surface area contributed by atoms with E-state index in [1.165, 1.54) is 0 Å². The lowest BCUT2D eigenvalue weighted by Gasteiger charge is -2.34. The number of hydrogen-bond acceptors (Lipinski definition) is 5. The molecule has 0 spiro atoms. The summed E-state index contributed by atoms with van der Waals surface area (Å²) < 4.78 is 5.70. The van der Waals surface area contributed by atoms with E-state index in [9.17, 15) is 4.79 Å². The Hall–Kier alpha value is -2.21. The van der Waals surface area contributed by atoms with Crippen LogP contribution in [0.15, 0.2) is 28.7 Å². The lowest BCUT2D eigenvalue weighted by atomic mass is 10.1. The van der Waals surface area contributed by atoms with E-state index in [-0.39, 0.29) is 5.91 Å². The summed E-state index contributed by atoms with van der Waals surface area (Å²) in [6.45, 7) is 8.76. The molecule has 1 amide bonds. The predicted octanol–water partition coefficient (Wildman–Crippen LogP) is 2.14. The Morgan fingerprint density at radius 1 is 1.21 bits per heavy atom. The monoisotopic (exact) mass is 328 g/mol. The van der Waals surface area contributed by atoms with Gasteiger partial charge in [-0.1, -0.05) is 24.6 Å². The second kappa shape index (κ2) is 7.57. The Morgan fingerprint density at radius 3 is 2.71 bits per heavy atom. The van der Waals surface area contributed by atoms with Crippen molar-refractivity contribution in [3.05, 3.63) is 35.7 Å². The Bertz CT molecular complexity index is 690. The molecule has 1 saturated heterocycles. The number of hydrogen-bond donors (Lipinski definition) is 0. The van der Waals surface area contributed by atoms with Gasteiger partial charge >= 0.3 is 0 Å². The van der Waals surface area contributed by atoms with Crippen LogP contribution in [0.5, 0.6) is 0 Å². The molecule has 1 aliphatic heterocycles. The van der Waals surface area contributed by atoms with E-state index in [0.29, 0.717) is 24.6 Å². The zero-order valence-electron chi connectivity index (χ0n) is 14.4. The van der Waals surface area contributed by atoms with Crippen LogP contribution in [0.25, 0.3) is 11.5 Å². The molecule has 0 N–H and O–H groups in total. The van der Waals surface area contributed by atoms with Crippen molar-refractivity contribution in [2.45, 2.75) is 26.7 Å². The van der Waals surface area contributed by atoms with Gasteiger partial charge in [0, 0.05) is 44.6 Å². The van der Waals surface area contributed by atoms with Crippen LogP contribution >= 0.6 is 0 Å². The van der Waals surface area contributed by atoms with Gasteiger partial charge in [-0.15, -0.1) is 10.2 Å². The Morgan fingerprint density at radius 2 is 2.00 bits per heavy atom. The van der Waals surface area contributed by atoms with E-state index < -0.39 is 0 Å². The highest BCUT2D eigenvalue weighted by Crippen LogP contribution is 2.19. The fraction of sp³-hybridized carbons (Fsp3) is 0.500. The van der Waals surface area contributed by atoms with Crippen LogP contribution in [-0.2, 0) is 11.2 Å². The van der Waals surface area contributed by atoms with Crippen LogP contribution in [0.2, 0.25) is 0 Å². The Labute approximate surface area is 142 Å². The van der Waals surface area contributed by atoms with Crippen molar-refractivity contribution >= 4 is 5.91 Å². The molecule has 6 heteroatoms. The molecule has 0 bridgehead atoms. The summed E-state index contributed by atoms with van der Waals surface area (Å²) in [5.41, 5.74) is 2.06. The summed E-state index contributed by atoms with van der Waals surface area (Å²) in [6.07, 6.45) is 0.910. The lowest BCUT2D eigenvalue weighted by molar-refractivity contribution is -0.132. The van der Waals surface area contributed by atoms with Crippen LogP contribution in [0.3, 0.4) is 0 Å². The lowest BCUT2D eigenvalue weighted by Crippen LogP contribution is -2.48. The van der Waals surface area contributed by atoms with Crippen LogP contribution < -0.4 is 0 Å². The summed E-state index contributed by atoms with van der Waals surface area (Å²) in [7, 11) is 0. The van der Waals surface area contributed by atoms with E-state index in [1.807, 2.05) is 36.1 Å². The molecule has 0 unspecified atom stereocenters. The van der Waals surface area contributed by atoms with Gasteiger partial charge < -0.3 is 14.2 Å². The van der Waals surface area contributed by atoms with Gasteiger partial charge in [-0.25, -0.2) is 0 Å². The highest BCUT2D eigenvalue weighted by atomic mass is 16.4. The summed E-state index contributed by atoms with van der Waals surface area (Å²) in [5, 5.41) is 8.16. The molecule has 2 heterocycles. The SMILES string of the molecule is CCN1CCN(C(=O)CCc2nnc(-c3cccc(C)c3)o2)CC1. The molecule has 3 rings (SSSR count). The zero-order chi connectivity index (χ0) is 16.9. The molecule has 0 saturated carbocycles. The molecule has 1 fully saturated rings. The van der Waals surface area contributed by atoms with Crippen molar-refractivity contribution in [2.75, 3.05) is 32.7 Å². The average molecular weight is 328 g/mol. The molecule has 0 aliphatic carbocycles. The second-order valence-corrected chi connectivity index (χ2v) is 6.19. The van der Waals surface area contributed by atoms with Crippen molar-refractivity contribution in [1.29, 1.82) is 0 Å². The van der Waals surface area contributed by atoms with Gasteiger partial charge in [0.2, 0.25) is 17.7 Å². The first-order valence-electron chi connectivity index (χ1n) is 8.55. The van der Waals surface area contributed by atoms with Gasteiger partial charge in [0.05, 0.1) is 0 Å². The summed E-state index contributed by atoms with van der Waals surface area (Å²) in [6, 6.07) is 7.95. The highest BCUT2D eigenvalue weighted by molar-refractivity contribution is 5.76. The molecule has 6 nitrogen and oxygen atoms in total. The highest BCUT2D eigenvalue weighted by Gasteiger charge is 2.20. The Balaban J connectivity index is 1.53. The van der Waals surface area contributed by atoms with Crippen molar-refractivity contribution < 1.29 is 9.21 Å². The van der Waals surface area contributed by atoms with E-state index in [2.05, 4.69) is 22.0 Å². The third-order valence-corrected chi connectivity index (χ3v) is 4.46. The van der Waals surface area contributed by atoms with Crippen molar-refractivity contribution in [2.24, 2.45) is 0 Å². The first-order chi connectivity index (χ1) is 11.7. The summed E-state index contributed by atoms with van der Waals surface area (Å²) in [4.78, 5) is 16.6. The largest absolute Gasteiger partial charge is 0.421 e. The Kier molecular flexibility index (Phi) is 5.25. The van der Waals surface area contributed by atoms with Gasteiger partial charge in [0.1, 0.15) is 0 Å². The predicted molar refractivity (Wildman–Crippen MR) is 91.5 cm³/mol. The first kappa shape index (κ1) is 16.6. The van der Waals surface area contributed by atoms with Gasteiger partial charge in [0.15, 0.2) is 0 Å². The van der Waals surface area contributed by atoms with Crippen molar-refractivity contribution in [3.8, 4) is 11.5 Å². The molecule has 0 atom stereocenters. The molecule has 1 aromatic heterocycles. The van der Waals surface area contributed by atoms with E-state index >= 15 is 0 Å². The quantitative estimate of drug-likeness (QED) is 0.841. The third kappa shape index (κ3) is 4.00. The molecule has 2 aromatic rings. The van der Waals surface area contributed by atoms with Crippen LogP contribution in [0.1, 0.15) is 24.8 Å². The standard InChI is InChI=1S/C18H24N4O2/c1-3-21-9-11-22(12-10-21)17(23)8-7-16-19-20-18(24-16)15-6-4-5-14(2)13-15/h4-6,13H,3,7-12H2,1-2H3. The minimum absolute atomic E-state index is 0.168. The van der Waals surface area contributed by atoms with Gasteiger partial charge in [0.25, 0.3) is 0 Å². The molecule has 24 heavy (non-hydrogen) atoms. The minimum atomic E-state index is 0.168. The maximum absolute atomic E-state index is 12.3. The molecular weight excluding hydrogens is 304 g/mol. The fourth-order valence-electron chi connectivity index (χ4n) is 2.93. The topological polar surface area (TPSA) is 62.5 Å². The van der Waals surface area contributed by atoms with Crippen molar-refractivity contribution in [3.63, 3.8) is 0 Å². The van der Waals surface area contributed by atoms with Crippen LogP contribution in [0.4, 0.5) is 0 Å². The van der Waals surface area contributed by atoms with E-state index in [4.69, 9.17) is 4.42 Å². The normalized spacial score (nSPS) is 15.7. The number of carbonyl (C=O) groups is 1. The number of carbonyl (C=O) groups excluding carboxylic acids is 1. The zero-order valence-corrected chi connectivity index (χ0v) is 14.4. The fourth-order valence-corrected chi connectivity index (χ4v) is 2.93. The van der Waals surface area contributed by atoms with Gasteiger partial charge in [-0.05, 0) is 25.6 Å². The second-order valence-electron chi connectivity index (χ2n) is 6.19. The number of aryl methyl sites for hydroxylation is 2. The number of likely N-dealkylation sites (N-methyl/N-ethyl adjacent to an activating group) is 1. The first-order valence-corrected chi connectivity index (χ1v) is 8.55. The number of aromatic nitrogens is 2. The number of nitrogens with zero attached hydrogens (tertiary/aromatic N) is 4. The van der Waals surface area contributed by atoms with Crippen LogP contribution in [-0.4, -0.2) is 58.6 Å². The maximum atomic E-state index is 12.3. The van der Waals surface area contributed by atoms with Crippen molar-refractivity contribution in [1.82, 2.24) is 20.0 Å². The smallest absolute Gasteiger partial charge is 0.247 e. The molecule has 0 radical (unpaired) electrons. The van der Waals surface area contributed by atoms with Gasteiger partial charge in [-0.3, -0.25) is 4.79 Å². The van der Waals surface area contributed by atoms with E-state index in [1.54, 1.807) is 0 Å². The average Bonchev–Trinajstić information content (AvgIpc) is 3.09.